The molecule has 1 saturated heterocycles. The summed E-state index contributed by atoms with van der Waals surface area (Å²) < 4.78 is 31.8. The highest BCUT2D eigenvalue weighted by Crippen LogP contribution is 2.24. The summed E-state index contributed by atoms with van der Waals surface area (Å²) in [5.41, 5.74) is 0.806. The molecule has 1 aliphatic rings. The maximum atomic E-state index is 13.2. The molecular formula is C21H22ClF2N3O3. The molecule has 0 radical (unpaired) electrons. The van der Waals surface area contributed by atoms with E-state index in [1.807, 2.05) is 12.1 Å². The summed E-state index contributed by atoms with van der Waals surface area (Å²) in [6, 6.07) is 7.98. The topological polar surface area (TPSA) is 61.9 Å². The minimum Gasteiger partial charge on any atom is -0.496 e. The molecule has 2 amide bonds. The molecule has 9 heteroatoms. The smallest absolute Gasteiger partial charge is 0.251 e. The fourth-order valence-electron chi connectivity index (χ4n) is 3.32. The third kappa shape index (κ3) is 5.67. The Bertz CT molecular complexity index is 913. The third-order valence-electron chi connectivity index (χ3n) is 4.89. The predicted molar refractivity (Wildman–Crippen MR) is 109 cm³/mol. The Morgan fingerprint density at radius 2 is 1.73 bits per heavy atom. The maximum Gasteiger partial charge on any atom is 0.251 e. The third-order valence-corrected chi connectivity index (χ3v) is 5.12. The van der Waals surface area contributed by atoms with Crippen molar-refractivity contribution in [2.24, 2.45) is 0 Å². The van der Waals surface area contributed by atoms with E-state index in [0.717, 1.165) is 23.4 Å². The largest absolute Gasteiger partial charge is 0.496 e. The van der Waals surface area contributed by atoms with Crippen LogP contribution in [-0.2, 0) is 11.3 Å². The van der Waals surface area contributed by atoms with E-state index in [9.17, 15) is 18.4 Å². The van der Waals surface area contributed by atoms with Gasteiger partial charge in [-0.1, -0.05) is 11.6 Å². The molecular weight excluding hydrogens is 416 g/mol. The molecule has 2 aromatic rings. The molecule has 0 spiro atoms. The van der Waals surface area contributed by atoms with Gasteiger partial charge in [-0.15, -0.1) is 0 Å². The highest BCUT2D eigenvalue weighted by molar-refractivity contribution is 6.30. The van der Waals surface area contributed by atoms with Crippen LogP contribution in [0.2, 0.25) is 5.02 Å². The van der Waals surface area contributed by atoms with Crippen LogP contribution in [-0.4, -0.2) is 61.4 Å². The number of piperazine rings is 1. The predicted octanol–water partition coefficient (Wildman–Crippen LogP) is 2.70. The lowest BCUT2D eigenvalue weighted by Crippen LogP contribution is -2.50. The summed E-state index contributed by atoms with van der Waals surface area (Å²) in [7, 11) is 1.61. The molecule has 160 valence electrons. The molecule has 1 heterocycles. The zero-order chi connectivity index (χ0) is 21.7. The van der Waals surface area contributed by atoms with E-state index < -0.39 is 17.5 Å². The van der Waals surface area contributed by atoms with Crippen molar-refractivity contribution < 1.29 is 23.1 Å². The Balaban J connectivity index is 1.48. The number of amides is 2. The van der Waals surface area contributed by atoms with Crippen LogP contribution in [0.25, 0.3) is 0 Å². The Kier molecular flexibility index (Phi) is 7.23. The van der Waals surface area contributed by atoms with E-state index in [2.05, 4.69) is 10.2 Å². The summed E-state index contributed by atoms with van der Waals surface area (Å²) >= 11 is 6.08. The van der Waals surface area contributed by atoms with Gasteiger partial charge < -0.3 is 15.0 Å². The average molecular weight is 438 g/mol. The van der Waals surface area contributed by atoms with Gasteiger partial charge in [-0.05, 0) is 30.3 Å². The van der Waals surface area contributed by atoms with Crippen molar-refractivity contribution in [3.63, 3.8) is 0 Å². The van der Waals surface area contributed by atoms with E-state index in [0.29, 0.717) is 43.8 Å². The molecule has 0 bridgehead atoms. The summed E-state index contributed by atoms with van der Waals surface area (Å²) in [6.07, 6.45) is 0. The SMILES string of the molecule is COc1ccc(Cl)cc1CN1CCN(C(=O)CNC(=O)c2cc(F)cc(F)c2)CC1. The summed E-state index contributed by atoms with van der Waals surface area (Å²) in [5.74, 6) is -1.89. The molecule has 0 unspecified atom stereocenters. The van der Waals surface area contributed by atoms with E-state index in [1.54, 1.807) is 18.1 Å². The van der Waals surface area contributed by atoms with Crippen molar-refractivity contribution in [1.29, 1.82) is 0 Å². The second-order valence-electron chi connectivity index (χ2n) is 6.95. The number of rotatable bonds is 6. The Hall–Kier alpha value is -2.71. The van der Waals surface area contributed by atoms with Gasteiger partial charge in [-0.2, -0.15) is 0 Å². The van der Waals surface area contributed by atoms with Crippen LogP contribution in [0.3, 0.4) is 0 Å². The molecule has 0 atom stereocenters. The number of halogens is 3. The number of nitrogens with one attached hydrogen (secondary N) is 1. The van der Waals surface area contributed by atoms with Crippen LogP contribution >= 0.6 is 11.6 Å². The minimum absolute atomic E-state index is 0.166. The van der Waals surface area contributed by atoms with Crippen LogP contribution in [0.15, 0.2) is 36.4 Å². The fourth-order valence-corrected chi connectivity index (χ4v) is 3.52. The van der Waals surface area contributed by atoms with Crippen molar-refractivity contribution >= 4 is 23.4 Å². The number of hydrogen-bond donors (Lipinski definition) is 1. The number of carbonyl (C=O) groups is 2. The lowest BCUT2D eigenvalue weighted by Gasteiger charge is -2.35. The van der Waals surface area contributed by atoms with Gasteiger partial charge in [0.1, 0.15) is 17.4 Å². The number of hydrogen-bond acceptors (Lipinski definition) is 4. The Morgan fingerprint density at radius 3 is 2.37 bits per heavy atom. The fraction of sp³-hybridized carbons (Fsp3) is 0.333. The summed E-state index contributed by atoms with van der Waals surface area (Å²) in [4.78, 5) is 28.3. The monoisotopic (exact) mass is 437 g/mol. The van der Waals surface area contributed by atoms with Crippen LogP contribution < -0.4 is 10.1 Å². The van der Waals surface area contributed by atoms with Gasteiger partial charge in [0, 0.05) is 54.9 Å². The van der Waals surface area contributed by atoms with E-state index >= 15 is 0 Å². The lowest BCUT2D eigenvalue weighted by atomic mass is 10.1. The molecule has 30 heavy (non-hydrogen) atoms. The summed E-state index contributed by atoms with van der Waals surface area (Å²) in [5, 5.41) is 3.05. The van der Waals surface area contributed by atoms with Crippen LogP contribution in [0.4, 0.5) is 8.78 Å². The molecule has 1 fully saturated rings. The molecule has 1 aliphatic heterocycles. The van der Waals surface area contributed by atoms with Crippen molar-refractivity contribution in [2.75, 3.05) is 39.8 Å². The van der Waals surface area contributed by atoms with Gasteiger partial charge >= 0.3 is 0 Å². The van der Waals surface area contributed by atoms with Crippen molar-refractivity contribution in [3.05, 3.63) is 64.2 Å². The van der Waals surface area contributed by atoms with Gasteiger partial charge in [0.05, 0.1) is 13.7 Å². The Labute approximate surface area is 178 Å². The van der Waals surface area contributed by atoms with Crippen LogP contribution in [0.5, 0.6) is 5.75 Å². The van der Waals surface area contributed by atoms with Gasteiger partial charge in [-0.25, -0.2) is 8.78 Å². The van der Waals surface area contributed by atoms with Crippen molar-refractivity contribution in [3.8, 4) is 5.75 Å². The minimum atomic E-state index is -0.848. The van der Waals surface area contributed by atoms with Crippen LogP contribution in [0.1, 0.15) is 15.9 Å². The highest BCUT2D eigenvalue weighted by Gasteiger charge is 2.22. The molecule has 6 nitrogen and oxygen atoms in total. The second-order valence-corrected chi connectivity index (χ2v) is 7.39. The molecule has 3 rings (SSSR count). The lowest BCUT2D eigenvalue weighted by molar-refractivity contribution is -0.131. The normalized spacial score (nSPS) is 14.5. The zero-order valence-corrected chi connectivity index (χ0v) is 17.2. The highest BCUT2D eigenvalue weighted by atomic mass is 35.5. The molecule has 0 aliphatic carbocycles. The van der Waals surface area contributed by atoms with Crippen LogP contribution in [0, 0.1) is 11.6 Å². The number of carbonyl (C=O) groups excluding carboxylic acids is 2. The van der Waals surface area contributed by atoms with Gasteiger partial charge in [0.25, 0.3) is 5.91 Å². The van der Waals surface area contributed by atoms with E-state index in [1.165, 1.54) is 0 Å². The summed E-state index contributed by atoms with van der Waals surface area (Å²) in [6.45, 7) is 2.74. The first-order valence-electron chi connectivity index (χ1n) is 9.42. The number of ether oxygens (including phenoxy) is 1. The standard InChI is InChI=1S/C21H22ClF2N3O3/c1-30-19-3-2-16(22)8-15(19)13-26-4-6-27(7-5-26)20(28)12-25-21(29)14-9-17(23)11-18(24)10-14/h2-3,8-11H,4-7,12-13H2,1H3,(H,25,29). The maximum absolute atomic E-state index is 13.2. The van der Waals surface area contributed by atoms with E-state index in [-0.39, 0.29) is 18.0 Å². The zero-order valence-electron chi connectivity index (χ0n) is 16.5. The molecule has 0 saturated carbocycles. The molecule has 2 aromatic carbocycles. The van der Waals surface area contributed by atoms with Gasteiger partial charge in [-0.3, -0.25) is 14.5 Å². The first kappa shape index (κ1) is 22.0. The van der Waals surface area contributed by atoms with Gasteiger partial charge in [0.15, 0.2) is 0 Å². The second kappa shape index (κ2) is 9.86. The quantitative estimate of drug-likeness (QED) is 0.755. The molecule has 0 aromatic heterocycles. The van der Waals surface area contributed by atoms with Crippen molar-refractivity contribution in [1.82, 2.24) is 15.1 Å². The first-order valence-corrected chi connectivity index (χ1v) is 9.80. The number of methoxy groups -OCH3 is 1. The van der Waals surface area contributed by atoms with Gasteiger partial charge in [0.2, 0.25) is 5.91 Å². The van der Waals surface area contributed by atoms with E-state index in [4.69, 9.17) is 16.3 Å². The average Bonchev–Trinajstić information content (AvgIpc) is 2.72. The first-order chi connectivity index (χ1) is 14.4. The van der Waals surface area contributed by atoms with Crippen molar-refractivity contribution in [2.45, 2.75) is 6.54 Å². The molecule has 1 N–H and O–H groups in total. The number of nitrogens with zero attached hydrogens (tertiary/aromatic N) is 2. The number of benzene rings is 2. The Morgan fingerprint density at radius 1 is 1.07 bits per heavy atom.